The summed E-state index contributed by atoms with van der Waals surface area (Å²) in [7, 11) is -2.00. The summed E-state index contributed by atoms with van der Waals surface area (Å²) in [5.74, 6) is 0.660. The monoisotopic (exact) mass is 487 g/mol. The third kappa shape index (κ3) is 5.28. The Morgan fingerprint density at radius 3 is 2.35 bits per heavy atom. The SMILES string of the molecule is CCCC[C@H](CC(=O)[C@]1(O[Si](C)(C)C)C[C@H]2CC[C@]1(C)C2(C)C)NC(=O)OCc1ccccc1. The molecule has 0 spiro atoms. The molecule has 0 saturated heterocycles. The Balaban J connectivity index is 1.76. The zero-order valence-electron chi connectivity index (χ0n) is 22.3. The van der Waals surface area contributed by atoms with Gasteiger partial charge in [-0.25, -0.2) is 4.79 Å². The summed E-state index contributed by atoms with van der Waals surface area (Å²) in [6.45, 7) is 15.8. The molecule has 3 rings (SSSR count). The van der Waals surface area contributed by atoms with Gasteiger partial charge < -0.3 is 14.5 Å². The van der Waals surface area contributed by atoms with Crippen molar-refractivity contribution in [1.82, 2.24) is 5.32 Å². The van der Waals surface area contributed by atoms with Crippen molar-refractivity contribution in [3.8, 4) is 0 Å². The Morgan fingerprint density at radius 2 is 1.82 bits per heavy atom. The van der Waals surface area contributed by atoms with Crippen molar-refractivity contribution in [3.05, 3.63) is 35.9 Å². The van der Waals surface area contributed by atoms with Gasteiger partial charge in [0.2, 0.25) is 0 Å². The fourth-order valence-corrected chi connectivity index (χ4v) is 7.87. The first-order valence-electron chi connectivity index (χ1n) is 13.1. The van der Waals surface area contributed by atoms with Gasteiger partial charge in [-0.05, 0) is 62.2 Å². The van der Waals surface area contributed by atoms with Crippen LogP contribution in [0.4, 0.5) is 4.79 Å². The summed E-state index contributed by atoms with van der Waals surface area (Å²) >= 11 is 0. The van der Waals surface area contributed by atoms with Crippen molar-refractivity contribution in [2.75, 3.05) is 0 Å². The first-order valence-corrected chi connectivity index (χ1v) is 16.5. The average Bonchev–Trinajstić information content (AvgIpc) is 3.08. The molecule has 0 heterocycles. The Hall–Kier alpha value is -1.66. The molecule has 5 nitrogen and oxygen atoms in total. The van der Waals surface area contributed by atoms with E-state index in [1.54, 1.807) is 0 Å². The zero-order valence-corrected chi connectivity index (χ0v) is 23.3. The van der Waals surface area contributed by atoms with Crippen LogP contribution in [0.1, 0.15) is 78.2 Å². The second-order valence-corrected chi connectivity index (χ2v) is 16.6. The summed E-state index contributed by atoms with van der Waals surface area (Å²) in [5.41, 5.74) is 0.0525. The van der Waals surface area contributed by atoms with E-state index in [0.717, 1.165) is 44.1 Å². The number of Topliss-reactive ketones (excluding diaryl/α,β-unsaturated/α-hetero) is 1. The highest BCUT2D eigenvalue weighted by Crippen LogP contribution is 2.71. The number of amides is 1. The van der Waals surface area contributed by atoms with E-state index in [2.05, 4.69) is 52.7 Å². The van der Waals surface area contributed by atoms with E-state index in [-0.39, 0.29) is 29.3 Å². The molecule has 2 saturated carbocycles. The number of benzene rings is 1. The van der Waals surface area contributed by atoms with Crippen molar-refractivity contribution in [2.45, 2.75) is 111 Å². The number of ketones is 1. The van der Waals surface area contributed by atoms with Crippen molar-refractivity contribution >= 4 is 20.2 Å². The van der Waals surface area contributed by atoms with E-state index >= 15 is 0 Å². The van der Waals surface area contributed by atoms with Gasteiger partial charge in [-0.1, -0.05) is 70.9 Å². The molecule has 1 N–H and O–H groups in total. The third-order valence-corrected chi connectivity index (χ3v) is 9.63. The van der Waals surface area contributed by atoms with Gasteiger partial charge in [-0.15, -0.1) is 0 Å². The van der Waals surface area contributed by atoms with Crippen molar-refractivity contribution in [1.29, 1.82) is 0 Å². The summed E-state index contributed by atoms with van der Waals surface area (Å²) in [6.07, 6.45) is 5.54. The molecular weight excluding hydrogens is 442 g/mol. The number of ether oxygens (including phenoxy) is 1. The summed E-state index contributed by atoms with van der Waals surface area (Å²) in [5, 5.41) is 3.01. The Kier molecular flexibility index (Phi) is 8.03. The maximum Gasteiger partial charge on any atom is 0.407 e. The van der Waals surface area contributed by atoms with Crippen LogP contribution < -0.4 is 5.32 Å². The predicted molar refractivity (Wildman–Crippen MR) is 139 cm³/mol. The van der Waals surface area contributed by atoms with Crippen LogP contribution in [0.15, 0.2) is 30.3 Å². The number of nitrogens with one attached hydrogen (secondary N) is 1. The molecule has 6 heteroatoms. The normalized spacial score (nSPS) is 28.5. The first-order chi connectivity index (χ1) is 15.8. The van der Waals surface area contributed by atoms with Crippen molar-refractivity contribution in [2.24, 2.45) is 16.7 Å². The molecule has 2 fully saturated rings. The second-order valence-electron chi connectivity index (χ2n) is 12.2. The lowest BCUT2D eigenvalue weighted by molar-refractivity contribution is -0.152. The fraction of sp³-hybridized carbons (Fsp3) is 0.714. The number of alkyl carbamates (subject to hydrolysis) is 1. The molecular formula is C28H45NO4Si. The van der Waals surface area contributed by atoms with E-state index in [4.69, 9.17) is 9.16 Å². The Bertz CT molecular complexity index is 865. The van der Waals surface area contributed by atoms with E-state index in [1.165, 1.54) is 0 Å². The van der Waals surface area contributed by atoms with E-state index < -0.39 is 20.0 Å². The molecule has 2 aliphatic carbocycles. The van der Waals surface area contributed by atoms with Crippen LogP contribution in [-0.4, -0.2) is 31.8 Å². The lowest BCUT2D eigenvalue weighted by Crippen LogP contribution is -2.59. The molecule has 2 bridgehead atoms. The lowest BCUT2D eigenvalue weighted by Gasteiger charge is -2.50. The number of hydrogen-bond donors (Lipinski definition) is 1. The van der Waals surface area contributed by atoms with Gasteiger partial charge in [-0.3, -0.25) is 4.79 Å². The third-order valence-electron chi connectivity index (χ3n) is 8.66. The van der Waals surface area contributed by atoms with Gasteiger partial charge in [-0.2, -0.15) is 0 Å². The maximum absolute atomic E-state index is 14.2. The van der Waals surface area contributed by atoms with Gasteiger partial charge in [0.15, 0.2) is 14.1 Å². The van der Waals surface area contributed by atoms with Gasteiger partial charge >= 0.3 is 6.09 Å². The molecule has 34 heavy (non-hydrogen) atoms. The van der Waals surface area contributed by atoms with Crippen molar-refractivity contribution < 1.29 is 18.8 Å². The molecule has 0 aromatic heterocycles. The van der Waals surface area contributed by atoms with Gasteiger partial charge in [0.25, 0.3) is 0 Å². The number of carbonyl (C=O) groups excluding carboxylic acids is 2. The van der Waals surface area contributed by atoms with Gasteiger partial charge in [0.05, 0.1) is 0 Å². The highest BCUT2D eigenvalue weighted by molar-refractivity contribution is 6.70. The minimum absolute atomic E-state index is 0.0588. The van der Waals surface area contributed by atoms with E-state index in [0.29, 0.717) is 12.3 Å². The minimum Gasteiger partial charge on any atom is -0.445 e. The summed E-state index contributed by atoms with van der Waals surface area (Å²) in [6, 6.07) is 9.40. The standard InChI is InChI=1S/C28H45NO4Si/c1-8-9-15-23(29-25(31)32-20-21-13-11-10-12-14-21)18-24(30)28(33-34(5,6)7)19-22-16-17-27(28,4)26(22,2)3/h10-14,22-23H,8-9,15-20H2,1-7H3,(H,29,31)/t22-,23-,27-,28-/m1/s1. The van der Waals surface area contributed by atoms with E-state index in [9.17, 15) is 9.59 Å². The Morgan fingerprint density at radius 1 is 1.15 bits per heavy atom. The molecule has 0 aliphatic heterocycles. The fourth-order valence-electron chi connectivity index (χ4n) is 6.40. The maximum atomic E-state index is 14.2. The summed E-state index contributed by atoms with van der Waals surface area (Å²) in [4.78, 5) is 26.8. The van der Waals surface area contributed by atoms with Crippen LogP contribution in [-0.2, 0) is 20.6 Å². The number of carbonyl (C=O) groups is 2. The lowest BCUT2D eigenvalue weighted by atomic mass is 9.62. The highest BCUT2D eigenvalue weighted by atomic mass is 28.4. The van der Waals surface area contributed by atoms with E-state index in [1.807, 2.05) is 30.3 Å². The zero-order chi connectivity index (χ0) is 25.2. The van der Waals surface area contributed by atoms with Crippen LogP contribution in [0.2, 0.25) is 19.6 Å². The van der Waals surface area contributed by atoms with Gasteiger partial charge in [0, 0.05) is 17.9 Å². The largest absolute Gasteiger partial charge is 0.445 e. The average molecular weight is 488 g/mol. The molecule has 1 aromatic carbocycles. The molecule has 2 aliphatic rings. The number of unbranched alkanes of at least 4 members (excludes halogenated alkanes) is 1. The first kappa shape index (κ1) is 26.9. The predicted octanol–water partition coefficient (Wildman–Crippen LogP) is 6.87. The number of fused-ring (bicyclic) bond motifs is 2. The molecule has 4 atom stereocenters. The highest BCUT2D eigenvalue weighted by Gasteiger charge is 2.72. The molecule has 190 valence electrons. The minimum atomic E-state index is -2.00. The van der Waals surface area contributed by atoms with Crippen LogP contribution >= 0.6 is 0 Å². The quantitative estimate of drug-likeness (QED) is 0.346. The van der Waals surface area contributed by atoms with Gasteiger partial charge in [0.1, 0.15) is 12.2 Å². The molecule has 1 aromatic rings. The molecule has 0 radical (unpaired) electrons. The molecule has 0 unspecified atom stereocenters. The molecule has 1 amide bonds. The second kappa shape index (κ2) is 10.1. The number of rotatable bonds is 11. The smallest absolute Gasteiger partial charge is 0.407 e. The number of hydrogen-bond acceptors (Lipinski definition) is 4. The Labute approximate surface area is 207 Å². The van der Waals surface area contributed by atoms with Crippen LogP contribution in [0, 0.1) is 16.7 Å². The topological polar surface area (TPSA) is 64.6 Å². The van der Waals surface area contributed by atoms with Crippen LogP contribution in [0.3, 0.4) is 0 Å². The summed E-state index contributed by atoms with van der Waals surface area (Å²) < 4.78 is 12.3. The van der Waals surface area contributed by atoms with Crippen LogP contribution in [0.5, 0.6) is 0 Å². The van der Waals surface area contributed by atoms with Crippen LogP contribution in [0.25, 0.3) is 0 Å². The van der Waals surface area contributed by atoms with Crippen molar-refractivity contribution in [3.63, 3.8) is 0 Å².